The van der Waals surface area contributed by atoms with Crippen molar-refractivity contribution in [2.45, 2.75) is 3.79 Å². The molecule has 0 aromatic heterocycles. The van der Waals surface area contributed by atoms with E-state index in [4.69, 9.17) is 51.9 Å². The molecule has 0 saturated heterocycles. The molecule has 0 unspecified atom stereocenters. The smallest absolute Gasteiger partial charge is 0.422 e. The van der Waals surface area contributed by atoms with E-state index in [0.717, 1.165) is 0 Å². The van der Waals surface area contributed by atoms with E-state index in [-0.39, 0.29) is 5.71 Å². The highest BCUT2D eigenvalue weighted by Gasteiger charge is 2.29. The van der Waals surface area contributed by atoms with Crippen LogP contribution < -0.4 is 0 Å². The van der Waals surface area contributed by atoms with Crippen LogP contribution in [-0.4, -0.2) is 26.9 Å². The number of hydrogen-bond acceptors (Lipinski definition) is 2. The monoisotopic (exact) mass is 326 g/mol. The minimum absolute atomic E-state index is 0.305. The van der Waals surface area contributed by atoms with Gasteiger partial charge in [0.2, 0.25) is 3.79 Å². The predicted molar refractivity (Wildman–Crippen MR) is 70.4 cm³/mol. The summed E-state index contributed by atoms with van der Waals surface area (Å²) in [5, 5.41) is 0.477. The van der Waals surface area contributed by atoms with Gasteiger partial charge in [-0.3, -0.25) is 0 Å². The number of carbonyl (C=O) groups excluding carboxylic acids is 1. The van der Waals surface area contributed by atoms with Crippen molar-refractivity contribution in [1.82, 2.24) is 0 Å². The molecule has 0 aliphatic heterocycles. The lowest BCUT2D eigenvalue weighted by atomic mass is 10.1. The molecule has 1 aromatic rings. The molecule has 0 fully saturated rings. The zero-order valence-corrected chi connectivity index (χ0v) is 11.8. The van der Waals surface area contributed by atoms with Gasteiger partial charge in [0, 0.05) is 5.02 Å². The van der Waals surface area contributed by atoms with E-state index in [9.17, 15) is 4.79 Å². The topological polar surface area (TPSA) is 62.7 Å². The molecule has 0 radical (unpaired) electrons. The first-order valence-corrected chi connectivity index (χ1v) is 6.06. The van der Waals surface area contributed by atoms with Crippen LogP contribution in [0.4, 0.5) is 0 Å². The third-order valence-electron chi connectivity index (χ3n) is 1.78. The van der Waals surface area contributed by atoms with E-state index in [1.54, 1.807) is 0 Å². The zero-order valence-electron chi connectivity index (χ0n) is 8.74. The van der Waals surface area contributed by atoms with Gasteiger partial charge in [-0.25, -0.2) is 4.79 Å². The molecular formula is C10H6Cl4N2O2. The van der Waals surface area contributed by atoms with Crippen LogP contribution in [0.25, 0.3) is 5.53 Å². The molecule has 0 aliphatic carbocycles. The summed E-state index contributed by atoms with van der Waals surface area (Å²) in [5.41, 5.74) is 8.83. The lowest BCUT2D eigenvalue weighted by Gasteiger charge is -2.09. The van der Waals surface area contributed by atoms with Gasteiger partial charge in [0.05, 0.1) is 5.56 Å². The molecule has 0 saturated carbocycles. The van der Waals surface area contributed by atoms with Crippen LogP contribution in [0, 0.1) is 0 Å². The van der Waals surface area contributed by atoms with Gasteiger partial charge < -0.3 is 10.3 Å². The van der Waals surface area contributed by atoms with Gasteiger partial charge >= 0.3 is 11.7 Å². The Morgan fingerprint density at radius 1 is 1.28 bits per heavy atom. The van der Waals surface area contributed by atoms with Crippen LogP contribution in [0.5, 0.6) is 0 Å². The van der Waals surface area contributed by atoms with E-state index in [1.807, 2.05) is 0 Å². The van der Waals surface area contributed by atoms with Crippen LogP contribution in [0.2, 0.25) is 5.02 Å². The number of esters is 1. The number of nitrogens with zero attached hydrogens (tertiary/aromatic N) is 2. The highest BCUT2D eigenvalue weighted by atomic mass is 35.6. The highest BCUT2D eigenvalue weighted by Crippen LogP contribution is 2.26. The van der Waals surface area contributed by atoms with Crippen molar-refractivity contribution in [2.75, 3.05) is 6.61 Å². The first-order chi connectivity index (χ1) is 8.33. The van der Waals surface area contributed by atoms with Crippen molar-refractivity contribution in [3.63, 3.8) is 0 Å². The third kappa shape index (κ3) is 4.84. The van der Waals surface area contributed by atoms with Crippen molar-refractivity contribution in [1.29, 1.82) is 0 Å². The molecule has 96 valence electrons. The van der Waals surface area contributed by atoms with Crippen molar-refractivity contribution in [3.05, 3.63) is 40.4 Å². The fourth-order valence-electron chi connectivity index (χ4n) is 1.04. The summed E-state index contributed by atoms with van der Waals surface area (Å²) in [6, 6.07) is 6.05. The highest BCUT2D eigenvalue weighted by molar-refractivity contribution is 6.67. The Kier molecular flexibility index (Phi) is 5.45. The van der Waals surface area contributed by atoms with Crippen LogP contribution in [0.3, 0.4) is 0 Å². The summed E-state index contributed by atoms with van der Waals surface area (Å²) in [5.74, 6) is -0.911. The minimum atomic E-state index is -1.73. The number of rotatable bonds is 3. The molecule has 4 nitrogen and oxygen atoms in total. The van der Waals surface area contributed by atoms with Crippen LogP contribution in [0.15, 0.2) is 24.3 Å². The predicted octanol–water partition coefficient (Wildman–Crippen LogP) is 3.27. The molecule has 0 atom stereocenters. The van der Waals surface area contributed by atoms with Crippen molar-refractivity contribution in [3.8, 4) is 0 Å². The van der Waals surface area contributed by atoms with Crippen LogP contribution in [-0.2, 0) is 9.53 Å². The molecule has 1 aromatic carbocycles. The van der Waals surface area contributed by atoms with Crippen molar-refractivity contribution >= 4 is 58.1 Å². The fourth-order valence-corrected chi connectivity index (χ4v) is 1.33. The minimum Gasteiger partial charge on any atom is -0.452 e. The van der Waals surface area contributed by atoms with Gasteiger partial charge in [0.15, 0.2) is 0 Å². The Hall–Kier alpha value is -0.770. The zero-order chi connectivity index (χ0) is 13.8. The molecule has 0 N–H and O–H groups in total. The standard InChI is InChI=1S/C10H6Cl4N2O2/c11-7-3-1-6(2-4-7)8(16-15)9(17)18-5-10(12,13)14/h1-4H,5H2. The number of alkyl halides is 3. The van der Waals surface area contributed by atoms with E-state index in [0.29, 0.717) is 10.6 Å². The Balaban J connectivity index is 2.82. The lowest BCUT2D eigenvalue weighted by Crippen LogP contribution is -2.24. The van der Waals surface area contributed by atoms with E-state index in [2.05, 4.69) is 9.53 Å². The maximum Gasteiger partial charge on any atom is 0.422 e. The van der Waals surface area contributed by atoms with Crippen molar-refractivity contribution < 1.29 is 14.3 Å². The molecule has 0 amide bonds. The number of halogens is 4. The maximum atomic E-state index is 11.6. The maximum absolute atomic E-state index is 11.6. The Morgan fingerprint density at radius 3 is 2.28 bits per heavy atom. The van der Waals surface area contributed by atoms with Crippen molar-refractivity contribution in [2.24, 2.45) is 0 Å². The summed E-state index contributed by atoms with van der Waals surface area (Å²) in [7, 11) is 0. The van der Waals surface area contributed by atoms with Crippen LogP contribution >= 0.6 is 46.4 Å². The van der Waals surface area contributed by atoms with Gasteiger partial charge in [-0.05, 0) is 24.3 Å². The molecule has 0 spiro atoms. The Bertz CT molecular complexity index is 490. The largest absolute Gasteiger partial charge is 0.452 e. The van der Waals surface area contributed by atoms with Crippen LogP contribution in [0.1, 0.15) is 5.56 Å². The summed E-state index contributed by atoms with van der Waals surface area (Å²) in [6.07, 6.45) is 0. The second-order valence-corrected chi connectivity index (χ2v) is 6.10. The summed E-state index contributed by atoms with van der Waals surface area (Å²) in [4.78, 5) is 14.4. The number of carbonyl (C=O) groups is 1. The Morgan fingerprint density at radius 2 is 1.83 bits per heavy atom. The average molecular weight is 328 g/mol. The quantitative estimate of drug-likeness (QED) is 0.281. The average Bonchev–Trinajstić information content (AvgIpc) is 2.29. The molecular weight excluding hydrogens is 322 g/mol. The lowest BCUT2D eigenvalue weighted by molar-refractivity contribution is -0.139. The third-order valence-corrected chi connectivity index (χ3v) is 2.36. The summed E-state index contributed by atoms with van der Waals surface area (Å²) < 4.78 is 2.96. The van der Waals surface area contributed by atoms with Gasteiger partial charge in [0.25, 0.3) is 0 Å². The van der Waals surface area contributed by atoms with Gasteiger partial charge in [-0.1, -0.05) is 46.4 Å². The van der Waals surface area contributed by atoms with Gasteiger partial charge in [-0.15, -0.1) is 0 Å². The van der Waals surface area contributed by atoms with Gasteiger partial charge in [0.1, 0.15) is 6.61 Å². The van der Waals surface area contributed by atoms with E-state index < -0.39 is 16.4 Å². The van der Waals surface area contributed by atoms with Gasteiger partial charge in [-0.2, -0.15) is 4.79 Å². The Labute approximate surface area is 123 Å². The van der Waals surface area contributed by atoms with E-state index in [1.165, 1.54) is 24.3 Å². The molecule has 0 aliphatic rings. The molecule has 0 bridgehead atoms. The summed E-state index contributed by atoms with van der Waals surface area (Å²) in [6.45, 7) is -0.455. The first-order valence-electron chi connectivity index (χ1n) is 4.55. The number of hydrogen-bond donors (Lipinski definition) is 0. The normalized spacial score (nSPS) is 10.7. The fraction of sp³-hybridized carbons (Fsp3) is 0.200. The van der Waals surface area contributed by atoms with E-state index >= 15 is 0 Å². The SMILES string of the molecule is [N-]=[N+]=C(C(=O)OCC(Cl)(Cl)Cl)c1ccc(Cl)cc1. The second-order valence-electron chi connectivity index (χ2n) is 3.15. The summed E-state index contributed by atoms with van der Waals surface area (Å²) >= 11 is 22.0. The molecule has 0 heterocycles. The molecule has 18 heavy (non-hydrogen) atoms. The number of benzene rings is 1. The molecule has 1 rings (SSSR count). The second kappa shape index (κ2) is 6.41. The molecule has 8 heteroatoms. The first kappa shape index (κ1) is 15.3. The number of ether oxygens (including phenoxy) is 1.